The van der Waals surface area contributed by atoms with Crippen molar-refractivity contribution < 1.29 is 0 Å². The first-order valence-electron chi connectivity index (χ1n) is 50.6. The SMILES string of the molecule is c1ccc(-c2ccc(N(c3ccc(-c4ccccc4)cc3)c3ccc(-c4ccc(N(c5ccc(-c6cccc(-c7ccccc7)c6)cc5)c5ccc(-c6cccc(-c7ccccc7)c6)cc5)cc4)cc3)cc2)cc1.c1ccc(-c2ccc(N(c3ccc(-c4ccccc4)cc3)c3ccc(-c4ccc(N(c5ccc(-c6ccccc6)cc5)c5ccc(-c6cc(-c7ccccc7)cc(-c7ccccc7)c6)cc5)cc4)cc3)cc2)cc1. The number of benzene rings is 24. The van der Waals surface area contributed by atoms with Crippen molar-refractivity contribution in [3.8, 4) is 156 Å². The topological polar surface area (TPSA) is 13.0 Å². The zero-order valence-corrected chi connectivity index (χ0v) is 81.8. The van der Waals surface area contributed by atoms with Crippen LogP contribution in [-0.4, -0.2) is 0 Å². The van der Waals surface area contributed by atoms with Crippen molar-refractivity contribution in [2.24, 2.45) is 0 Å². The molecule has 0 bridgehead atoms. The van der Waals surface area contributed by atoms with E-state index in [9.17, 15) is 0 Å². The zero-order chi connectivity index (χ0) is 98.9. The first-order valence-corrected chi connectivity index (χ1v) is 50.6. The lowest BCUT2D eigenvalue weighted by molar-refractivity contribution is 1.28. The van der Waals surface area contributed by atoms with E-state index >= 15 is 0 Å². The average Bonchev–Trinajstić information content (AvgIpc) is 0.791. The van der Waals surface area contributed by atoms with E-state index in [1.807, 2.05) is 0 Å². The summed E-state index contributed by atoms with van der Waals surface area (Å²) in [5.74, 6) is 0. The van der Waals surface area contributed by atoms with Crippen molar-refractivity contribution in [2.45, 2.75) is 0 Å². The molecule has 24 rings (SSSR count). The van der Waals surface area contributed by atoms with E-state index in [0.717, 1.165) is 96.1 Å². The molecule has 0 radical (unpaired) electrons. The first kappa shape index (κ1) is 92.2. The molecule has 700 valence electrons. The lowest BCUT2D eigenvalue weighted by atomic mass is 9.93. The van der Waals surface area contributed by atoms with Gasteiger partial charge in [0.25, 0.3) is 0 Å². The van der Waals surface area contributed by atoms with E-state index in [1.165, 1.54) is 128 Å². The minimum absolute atomic E-state index is 1.08. The Morgan fingerprint density at radius 1 is 0.0608 bits per heavy atom. The molecule has 0 aliphatic carbocycles. The monoisotopic (exact) mass is 1890 g/mol. The van der Waals surface area contributed by atoms with Crippen LogP contribution in [0.3, 0.4) is 0 Å². The second-order valence-electron chi connectivity index (χ2n) is 37.2. The molecule has 0 aliphatic heterocycles. The van der Waals surface area contributed by atoms with Crippen LogP contribution in [0.1, 0.15) is 0 Å². The van der Waals surface area contributed by atoms with E-state index in [4.69, 9.17) is 0 Å². The van der Waals surface area contributed by atoms with Crippen molar-refractivity contribution in [1.29, 1.82) is 0 Å². The summed E-state index contributed by atoms with van der Waals surface area (Å²) in [6, 6.07) is 227. The molecule has 0 heterocycles. The molecule has 0 N–H and O–H groups in total. The molecule has 0 saturated carbocycles. The van der Waals surface area contributed by atoms with Gasteiger partial charge in [0, 0.05) is 68.2 Å². The van der Waals surface area contributed by atoms with Crippen LogP contribution in [0, 0.1) is 0 Å². The summed E-state index contributed by atoms with van der Waals surface area (Å²) in [6.07, 6.45) is 0. The fraction of sp³-hybridized carbons (Fsp3) is 0. The maximum Gasteiger partial charge on any atom is 0.0462 e. The molecule has 0 aliphatic rings. The highest BCUT2D eigenvalue weighted by atomic mass is 15.2. The molecular weight excluding hydrogens is 1790 g/mol. The molecule has 24 aromatic carbocycles. The Morgan fingerprint density at radius 3 is 0.270 bits per heavy atom. The van der Waals surface area contributed by atoms with Gasteiger partial charge in [-0.3, -0.25) is 0 Å². The fourth-order valence-electron chi connectivity index (χ4n) is 20.0. The Morgan fingerprint density at radius 2 is 0.142 bits per heavy atom. The molecule has 0 aromatic heterocycles. The van der Waals surface area contributed by atoms with E-state index in [1.54, 1.807) is 0 Å². The van der Waals surface area contributed by atoms with Crippen LogP contribution in [-0.2, 0) is 0 Å². The molecule has 24 aromatic rings. The van der Waals surface area contributed by atoms with Crippen molar-refractivity contribution in [3.05, 3.63) is 631 Å². The molecule has 0 atom stereocenters. The van der Waals surface area contributed by atoms with Gasteiger partial charge in [-0.1, -0.05) is 455 Å². The second-order valence-corrected chi connectivity index (χ2v) is 37.2. The summed E-state index contributed by atoms with van der Waals surface area (Å²) in [6.45, 7) is 0. The third kappa shape index (κ3) is 20.9. The molecule has 0 fully saturated rings. The Kier molecular flexibility index (Phi) is 27.1. The Labute approximate surface area is 868 Å². The van der Waals surface area contributed by atoms with Gasteiger partial charge in [0.2, 0.25) is 0 Å². The minimum atomic E-state index is 1.08. The van der Waals surface area contributed by atoms with Crippen LogP contribution in [0.15, 0.2) is 631 Å². The van der Waals surface area contributed by atoms with Gasteiger partial charge in [0.05, 0.1) is 0 Å². The van der Waals surface area contributed by atoms with Gasteiger partial charge in [-0.05, 0) is 332 Å². The molecule has 4 nitrogen and oxygen atoms in total. The highest BCUT2D eigenvalue weighted by Crippen LogP contribution is 2.47. The summed E-state index contributed by atoms with van der Waals surface area (Å²) in [5, 5.41) is 0. The lowest BCUT2D eigenvalue weighted by Gasteiger charge is -2.27. The average molecular weight is 1890 g/mol. The minimum Gasteiger partial charge on any atom is -0.311 e. The van der Waals surface area contributed by atoms with Crippen molar-refractivity contribution >= 4 is 68.2 Å². The van der Waals surface area contributed by atoms with Crippen molar-refractivity contribution in [3.63, 3.8) is 0 Å². The molecule has 0 saturated heterocycles. The normalized spacial score (nSPS) is 11.0. The van der Waals surface area contributed by atoms with Crippen LogP contribution in [0.5, 0.6) is 0 Å². The predicted molar refractivity (Wildman–Crippen MR) is 628 cm³/mol. The second kappa shape index (κ2) is 43.5. The number of hydrogen-bond donors (Lipinski definition) is 0. The molecular formula is C144H104N4. The van der Waals surface area contributed by atoms with Gasteiger partial charge < -0.3 is 19.6 Å². The number of rotatable bonds is 26. The van der Waals surface area contributed by atoms with Gasteiger partial charge in [-0.15, -0.1) is 0 Å². The maximum atomic E-state index is 2.35. The van der Waals surface area contributed by atoms with Gasteiger partial charge in [0.1, 0.15) is 0 Å². The van der Waals surface area contributed by atoms with Crippen LogP contribution in [0.4, 0.5) is 68.2 Å². The van der Waals surface area contributed by atoms with Crippen LogP contribution < -0.4 is 19.6 Å². The molecule has 0 unspecified atom stereocenters. The van der Waals surface area contributed by atoms with E-state index in [-0.39, 0.29) is 0 Å². The Hall–Kier alpha value is -19.5. The quantitative estimate of drug-likeness (QED) is 0.0536. The van der Waals surface area contributed by atoms with Crippen molar-refractivity contribution in [1.82, 2.24) is 0 Å². The van der Waals surface area contributed by atoms with Crippen LogP contribution in [0.25, 0.3) is 156 Å². The largest absolute Gasteiger partial charge is 0.311 e. The number of anilines is 12. The van der Waals surface area contributed by atoms with E-state index in [2.05, 4.69) is 651 Å². The lowest BCUT2D eigenvalue weighted by Crippen LogP contribution is -2.10. The van der Waals surface area contributed by atoms with Crippen LogP contribution in [0.2, 0.25) is 0 Å². The first-order chi connectivity index (χ1) is 73.3. The van der Waals surface area contributed by atoms with E-state index in [0.29, 0.717) is 0 Å². The van der Waals surface area contributed by atoms with Gasteiger partial charge in [-0.25, -0.2) is 0 Å². The third-order valence-corrected chi connectivity index (χ3v) is 27.8. The summed E-state index contributed by atoms with van der Waals surface area (Å²) in [4.78, 5) is 9.38. The summed E-state index contributed by atoms with van der Waals surface area (Å²) < 4.78 is 0. The highest BCUT2D eigenvalue weighted by Gasteiger charge is 2.22. The van der Waals surface area contributed by atoms with Gasteiger partial charge >= 0.3 is 0 Å². The van der Waals surface area contributed by atoms with Gasteiger partial charge in [-0.2, -0.15) is 0 Å². The molecule has 148 heavy (non-hydrogen) atoms. The fourth-order valence-corrected chi connectivity index (χ4v) is 20.0. The number of nitrogens with zero attached hydrogens (tertiary/aromatic N) is 4. The Balaban J connectivity index is 0.000000163. The van der Waals surface area contributed by atoms with Crippen molar-refractivity contribution in [2.75, 3.05) is 19.6 Å². The summed E-state index contributed by atoms with van der Waals surface area (Å²) in [7, 11) is 0. The molecule has 0 spiro atoms. The smallest absolute Gasteiger partial charge is 0.0462 e. The standard InChI is InChI=1S/2C72H52N2/c1-6-16-53(17-7-1)58-26-38-67(39-27-58)73(68-40-28-59(29-41-68)54-18-8-2-9-19-54)70-44-32-61(33-45-70)62-34-46-71(47-35-62)74(69-42-30-60(31-43-69)55-20-10-3-11-21-55)72-48-36-63(37-49-72)66-51-64(56-22-12-4-13-23-56)50-65(52-66)57-24-14-5-15-25-57;1-5-15-53(16-6-1)57-27-39-67(40-28-57)73(68-41-29-58(30-42-68)54-17-7-2-8-18-54)69-43-31-59(32-44-69)60-33-45-70(46-34-60)74(71-47-35-61(36-48-71)65-25-13-23-63(51-65)55-19-9-3-10-20-55)72-49-37-62(38-50-72)66-26-14-24-64(52-66)56-21-11-4-12-22-56/h2*1-52H. The van der Waals surface area contributed by atoms with Crippen LogP contribution >= 0.6 is 0 Å². The molecule has 4 heteroatoms. The maximum absolute atomic E-state index is 2.35. The zero-order valence-electron chi connectivity index (χ0n) is 81.8. The predicted octanol–water partition coefficient (Wildman–Crippen LogP) is 40.6. The third-order valence-electron chi connectivity index (χ3n) is 27.8. The summed E-state index contributed by atoms with van der Waals surface area (Å²) >= 11 is 0. The number of hydrogen-bond acceptors (Lipinski definition) is 4. The summed E-state index contributed by atoms with van der Waals surface area (Å²) in [5.41, 5.74) is 46.2. The van der Waals surface area contributed by atoms with Gasteiger partial charge in [0.15, 0.2) is 0 Å². The highest BCUT2D eigenvalue weighted by molar-refractivity contribution is 5.90. The molecule has 0 amide bonds. The Bertz CT molecular complexity index is 7890. The van der Waals surface area contributed by atoms with E-state index < -0.39 is 0 Å².